The Bertz CT molecular complexity index is 755. The Labute approximate surface area is 148 Å². The monoisotopic (exact) mass is 390 g/mol. The molecule has 0 radical (unpaired) electrons. The quantitative estimate of drug-likeness (QED) is 0.750. The van der Waals surface area contributed by atoms with Gasteiger partial charge in [-0.15, -0.1) is 11.3 Å². The standard InChI is InChI=1S/C14H18N2O7S2/c17-13(15-2-7-23-10(9-15)14(18)19)12-11(1-8-24-12)25(20,21)16-3-5-22-6-4-16/h1,8,10H,2-7,9H2,(H,18,19). The highest BCUT2D eigenvalue weighted by Crippen LogP contribution is 2.27. The number of carbonyl (C=O) groups is 2. The van der Waals surface area contributed by atoms with Gasteiger partial charge in [-0.25, -0.2) is 13.2 Å². The lowest BCUT2D eigenvalue weighted by atomic mass is 10.2. The molecule has 2 aliphatic heterocycles. The molecule has 3 heterocycles. The zero-order valence-electron chi connectivity index (χ0n) is 13.3. The molecule has 1 aromatic rings. The summed E-state index contributed by atoms with van der Waals surface area (Å²) < 4.78 is 37.2. The van der Waals surface area contributed by atoms with Crippen molar-refractivity contribution in [1.29, 1.82) is 0 Å². The third-order valence-electron chi connectivity index (χ3n) is 4.04. The van der Waals surface area contributed by atoms with Gasteiger partial charge in [0.2, 0.25) is 10.0 Å². The van der Waals surface area contributed by atoms with Crippen LogP contribution in [0.25, 0.3) is 0 Å². The molecule has 2 saturated heterocycles. The number of thiophene rings is 1. The van der Waals surface area contributed by atoms with Gasteiger partial charge in [0.15, 0.2) is 6.10 Å². The zero-order chi connectivity index (χ0) is 18.0. The Balaban J connectivity index is 1.83. The lowest BCUT2D eigenvalue weighted by molar-refractivity contribution is -0.154. The summed E-state index contributed by atoms with van der Waals surface area (Å²) in [5.41, 5.74) is 0. The summed E-state index contributed by atoms with van der Waals surface area (Å²) in [5, 5.41) is 10.6. The zero-order valence-corrected chi connectivity index (χ0v) is 14.9. The topological polar surface area (TPSA) is 113 Å². The molecule has 1 aromatic heterocycles. The largest absolute Gasteiger partial charge is 0.479 e. The first-order chi connectivity index (χ1) is 11.9. The maximum Gasteiger partial charge on any atom is 0.334 e. The van der Waals surface area contributed by atoms with Gasteiger partial charge >= 0.3 is 5.97 Å². The third kappa shape index (κ3) is 3.70. The Hall–Kier alpha value is -1.53. The van der Waals surface area contributed by atoms with Crippen LogP contribution in [0.3, 0.4) is 0 Å². The van der Waals surface area contributed by atoms with E-state index in [1.807, 2.05) is 0 Å². The summed E-state index contributed by atoms with van der Waals surface area (Å²) in [6.45, 7) is 1.32. The predicted octanol–water partition coefficient (Wildman–Crippen LogP) is -0.305. The number of morpholine rings is 2. The number of hydrogen-bond acceptors (Lipinski definition) is 7. The van der Waals surface area contributed by atoms with Gasteiger partial charge in [-0.2, -0.15) is 4.31 Å². The van der Waals surface area contributed by atoms with Crippen LogP contribution in [0.1, 0.15) is 9.67 Å². The van der Waals surface area contributed by atoms with Crippen LogP contribution in [-0.2, 0) is 24.3 Å². The van der Waals surface area contributed by atoms with Gasteiger partial charge in [0.1, 0.15) is 9.77 Å². The highest BCUT2D eigenvalue weighted by atomic mass is 32.2. The van der Waals surface area contributed by atoms with Crippen molar-refractivity contribution >= 4 is 33.2 Å². The van der Waals surface area contributed by atoms with E-state index < -0.39 is 28.0 Å². The fourth-order valence-electron chi connectivity index (χ4n) is 2.71. The van der Waals surface area contributed by atoms with E-state index in [9.17, 15) is 18.0 Å². The number of carbonyl (C=O) groups excluding carboxylic acids is 1. The molecule has 1 atom stereocenters. The molecule has 2 aliphatic rings. The lowest BCUT2D eigenvalue weighted by Crippen LogP contribution is -2.48. The normalized spacial score (nSPS) is 22.7. The SMILES string of the molecule is O=C(O)C1CN(C(=O)c2sccc2S(=O)(=O)N2CCOCC2)CCO1. The Morgan fingerprint density at radius 1 is 1.20 bits per heavy atom. The van der Waals surface area contributed by atoms with Gasteiger partial charge in [-0.1, -0.05) is 0 Å². The van der Waals surface area contributed by atoms with Gasteiger partial charge < -0.3 is 19.5 Å². The van der Waals surface area contributed by atoms with Crippen LogP contribution in [0.2, 0.25) is 0 Å². The molecule has 2 fully saturated rings. The van der Waals surface area contributed by atoms with Crippen molar-refractivity contribution in [1.82, 2.24) is 9.21 Å². The molecular formula is C14H18N2O7S2. The molecule has 25 heavy (non-hydrogen) atoms. The van der Waals surface area contributed by atoms with Crippen LogP contribution in [0, 0.1) is 0 Å². The van der Waals surface area contributed by atoms with Crippen LogP contribution >= 0.6 is 11.3 Å². The predicted molar refractivity (Wildman–Crippen MR) is 87.2 cm³/mol. The van der Waals surface area contributed by atoms with Crippen LogP contribution in [-0.4, -0.2) is 86.7 Å². The minimum Gasteiger partial charge on any atom is -0.479 e. The first-order valence-electron chi connectivity index (χ1n) is 7.70. The first-order valence-corrected chi connectivity index (χ1v) is 10.0. The van der Waals surface area contributed by atoms with Crippen LogP contribution in [0.15, 0.2) is 16.3 Å². The van der Waals surface area contributed by atoms with Crippen molar-refractivity contribution < 1.29 is 32.6 Å². The molecule has 0 bridgehead atoms. The molecule has 0 aliphatic carbocycles. The summed E-state index contributed by atoms with van der Waals surface area (Å²) in [6, 6.07) is 1.41. The molecule has 0 aromatic carbocycles. The smallest absolute Gasteiger partial charge is 0.334 e. The van der Waals surface area contributed by atoms with E-state index in [1.54, 1.807) is 5.38 Å². The molecule has 9 nitrogen and oxygen atoms in total. The molecular weight excluding hydrogens is 372 g/mol. The number of carboxylic acid groups (broad SMARTS) is 1. The number of amides is 1. The number of carboxylic acids is 1. The average Bonchev–Trinajstić information content (AvgIpc) is 3.12. The third-order valence-corrected chi connectivity index (χ3v) is 7.01. The van der Waals surface area contributed by atoms with Gasteiger partial charge in [0.05, 0.1) is 26.4 Å². The molecule has 1 amide bonds. The van der Waals surface area contributed by atoms with Crippen molar-refractivity contribution in [3.05, 3.63) is 16.3 Å². The van der Waals surface area contributed by atoms with Crippen molar-refractivity contribution in [3.63, 3.8) is 0 Å². The number of sulfonamides is 1. The molecule has 0 spiro atoms. The first kappa shape index (κ1) is 18.3. The number of aliphatic carboxylic acids is 1. The number of ether oxygens (including phenoxy) is 2. The Morgan fingerprint density at radius 3 is 2.60 bits per heavy atom. The summed E-state index contributed by atoms with van der Waals surface area (Å²) in [7, 11) is -3.79. The van der Waals surface area contributed by atoms with E-state index in [0.29, 0.717) is 13.2 Å². The molecule has 1 N–H and O–H groups in total. The highest BCUT2D eigenvalue weighted by Gasteiger charge is 2.35. The fraction of sp³-hybridized carbons (Fsp3) is 0.571. The van der Waals surface area contributed by atoms with Crippen LogP contribution in [0.5, 0.6) is 0 Å². The summed E-state index contributed by atoms with van der Waals surface area (Å²) >= 11 is 1.04. The van der Waals surface area contributed by atoms with Crippen molar-refractivity contribution in [2.45, 2.75) is 11.0 Å². The molecule has 11 heteroatoms. The maximum absolute atomic E-state index is 12.8. The van der Waals surface area contributed by atoms with E-state index >= 15 is 0 Å². The lowest BCUT2D eigenvalue weighted by Gasteiger charge is -2.31. The van der Waals surface area contributed by atoms with Crippen molar-refractivity contribution in [2.24, 2.45) is 0 Å². The fourth-order valence-corrected chi connectivity index (χ4v) is 5.48. The van der Waals surface area contributed by atoms with Gasteiger partial charge in [0, 0.05) is 19.6 Å². The van der Waals surface area contributed by atoms with Crippen molar-refractivity contribution in [3.8, 4) is 0 Å². The van der Waals surface area contributed by atoms with E-state index in [2.05, 4.69) is 0 Å². The molecule has 1 unspecified atom stereocenters. The van der Waals surface area contributed by atoms with E-state index in [1.165, 1.54) is 15.3 Å². The van der Waals surface area contributed by atoms with Gasteiger partial charge in [-0.3, -0.25) is 4.79 Å². The second-order valence-corrected chi connectivity index (χ2v) is 8.40. The van der Waals surface area contributed by atoms with E-state index in [4.69, 9.17) is 14.6 Å². The van der Waals surface area contributed by atoms with Crippen LogP contribution in [0.4, 0.5) is 0 Å². The maximum atomic E-state index is 12.8. The number of rotatable bonds is 4. The molecule has 138 valence electrons. The second kappa shape index (κ2) is 7.38. The Morgan fingerprint density at radius 2 is 1.92 bits per heavy atom. The number of nitrogens with zero attached hydrogens (tertiary/aromatic N) is 2. The number of hydrogen-bond donors (Lipinski definition) is 1. The summed E-state index contributed by atoms with van der Waals surface area (Å²) in [5.74, 6) is -1.64. The van der Waals surface area contributed by atoms with Gasteiger partial charge in [-0.05, 0) is 11.4 Å². The average molecular weight is 390 g/mol. The van der Waals surface area contributed by atoms with Crippen molar-refractivity contribution in [2.75, 3.05) is 46.0 Å². The second-order valence-electron chi connectivity index (χ2n) is 5.58. The minimum atomic E-state index is -3.79. The summed E-state index contributed by atoms with van der Waals surface area (Å²) in [6.07, 6.45) is -1.10. The summed E-state index contributed by atoms with van der Waals surface area (Å²) in [4.78, 5) is 25.2. The van der Waals surface area contributed by atoms with E-state index in [0.717, 1.165) is 11.3 Å². The Kier molecular flexibility index (Phi) is 5.39. The highest BCUT2D eigenvalue weighted by molar-refractivity contribution is 7.89. The molecule has 0 saturated carbocycles. The van der Waals surface area contributed by atoms with Gasteiger partial charge in [0.25, 0.3) is 5.91 Å². The van der Waals surface area contributed by atoms with E-state index in [-0.39, 0.29) is 42.6 Å². The minimum absolute atomic E-state index is 0.0391. The van der Waals surface area contributed by atoms with Crippen LogP contribution < -0.4 is 0 Å². The molecule has 3 rings (SSSR count).